The van der Waals surface area contributed by atoms with Crippen LogP contribution in [0.15, 0.2) is 46.9 Å². The van der Waals surface area contributed by atoms with E-state index < -0.39 is 0 Å². The van der Waals surface area contributed by atoms with E-state index in [1.165, 1.54) is 16.7 Å². The van der Waals surface area contributed by atoms with E-state index in [9.17, 15) is 0 Å². The van der Waals surface area contributed by atoms with Crippen molar-refractivity contribution < 1.29 is 0 Å². The molecule has 0 heterocycles. The van der Waals surface area contributed by atoms with Crippen LogP contribution < -0.4 is 5.32 Å². The molecule has 0 amide bonds. The van der Waals surface area contributed by atoms with Crippen molar-refractivity contribution >= 4 is 27.5 Å². The van der Waals surface area contributed by atoms with Gasteiger partial charge in [-0.3, -0.25) is 0 Å². The van der Waals surface area contributed by atoms with Crippen molar-refractivity contribution in [1.82, 2.24) is 5.32 Å². The van der Waals surface area contributed by atoms with Gasteiger partial charge in [-0.25, -0.2) is 0 Å². The second kappa shape index (κ2) is 5.88. The maximum Gasteiger partial charge on any atom is 0.0453 e. The van der Waals surface area contributed by atoms with Crippen LogP contribution in [0, 0.1) is 0 Å². The van der Waals surface area contributed by atoms with Crippen LogP contribution in [-0.2, 0) is 6.42 Å². The Bertz CT molecular complexity index is 626. The van der Waals surface area contributed by atoms with Crippen molar-refractivity contribution in [3.8, 4) is 0 Å². The van der Waals surface area contributed by atoms with Crippen LogP contribution in [0.4, 0.5) is 0 Å². The Labute approximate surface area is 133 Å². The van der Waals surface area contributed by atoms with Gasteiger partial charge in [0.2, 0.25) is 0 Å². The van der Waals surface area contributed by atoms with Crippen molar-refractivity contribution in [2.45, 2.75) is 31.8 Å². The van der Waals surface area contributed by atoms with Crippen LogP contribution in [0.5, 0.6) is 0 Å². The van der Waals surface area contributed by atoms with Crippen LogP contribution in [0.3, 0.4) is 0 Å². The SMILES string of the molecule is C[C@H](NC1CCc2cc(Br)ccc21)c1ccccc1Cl. The van der Waals surface area contributed by atoms with Gasteiger partial charge in [0.05, 0.1) is 0 Å². The van der Waals surface area contributed by atoms with E-state index in [1.54, 1.807) is 0 Å². The van der Waals surface area contributed by atoms with Crippen LogP contribution in [0.25, 0.3) is 0 Å². The van der Waals surface area contributed by atoms with E-state index in [0.717, 1.165) is 22.3 Å². The number of aryl methyl sites for hydroxylation is 1. The van der Waals surface area contributed by atoms with Crippen molar-refractivity contribution in [1.29, 1.82) is 0 Å². The smallest absolute Gasteiger partial charge is 0.0453 e. The molecule has 20 heavy (non-hydrogen) atoms. The van der Waals surface area contributed by atoms with Crippen molar-refractivity contribution in [3.63, 3.8) is 0 Å². The minimum absolute atomic E-state index is 0.253. The lowest BCUT2D eigenvalue weighted by Gasteiger charge is -2.21. The molecular formula is C17H17BrClN. The highest BCUT2D eigenvalue weighted by atomic mass is 79.9. The first kappa shape index (κ1) is 14.1. The van der Waals surface area contributed by atoms with Crippen LogP contribution >= 0.6 is 27.5 Å². The summed E-state index contributed by atoms with van der Waals surface area (Å²) >= 11 is 9.82. The summed E-state index contributed by atoms with van der Waals surface area (Å²) in [6, 6.07) is 15.3. The lowest BCUT2D eigenvalue weighted by atomic mass is 10.0. The normalized spacial score (nSPS) is 18.9. The molecule has 3 rings (SSSR count). The first-order chi connectivity index (χ1) is 9.65. The number of halogens is 2. The maximum absolute atomic E-state index is 6.28. The zero-order valence-electron chi connectivity index (χ0n) is 11.4. The molecule has 1 N–H and O–H groups in total. The summed E-state index contributed by atoms with van der Waals surface area (Å²) in [5.74, 6) is 0. The molecule has 0 bridgehead atoms. The van der Waals surface area contributed by atoms with Gasteiger partial charge in [0.25, 0.3) is 0 Å². The lowest BCUT2D eigenvalue weighted by molar-refractivity contribution is 0.465. The first-order valence-corrected chi connectivity index (χ1v) is 8.11. The maximum atomic E-state index is 6.28. The zero-order valence-corrected chi connectivity index (χ0v) is 13.7. The number of rotatable bonds is 3. The van der Waals surface area contributed by atoms with Crippen molar-refractivity contribution in [2.75, 3.05) is 0 Å². The van der Waals surface area contributed by atoms with Gasteiger partial charge >= 0.3 is 0 Å². The summed E-state index contributed by atoms with van der Waals surface area (Å²) in [6.07, 6.45) is 2.29. The average molecular weight is 351 g/mol. The second-order valence-corrected chi connectivity index (χ2v) is 6.67. The lowest BCUT2D eigenvalue weighted by Crippen LogP contribution is -2.23. The van der Waals surface area contributed by atoms with Gasteiger partial charge in [-0.2, -0.15) is 0 Å². The van der Waals surface area contributed by atoms with Crippen LogP contribution in [-0.4, -0.2) is 0 Å². The number of benzene rings is 2. The average Bonchev–Trinajstić information content (AvgIpc) is 2.81. The van der Waals surface area contributed by atoms with E-state index in [4.69, 9.17) is 11.6 Å². The highest BCUT2D eigenvalue weighted by Crippen LogP contribution is 2.35. The fraction of sp³-hybridized carbons (Fsp3) is 0.294. The third kappa shape index (κ3) is 2.78. The van der Waals surface area contributed by atoms with E-state index in [1.807, 2.05) is 18.2 Å². The van der Waals surface area contributed by atoms with Gasteiger partial charge in [-0.1, -0.05) is 51.8 Å². The van der Waals surface area contributed by atoms with Crippen molar-refractivity contribution in [3.05, 3.63) is 68.7 Å². The molecular weight excluding hydrogens is 334 g/mol. The summed E-state index contributed by atoms with van der Waals surface area (Å²) in [6.45, 7) is 2.18. The Balaban J connectivity index is 1.79. The van der Waals surface area contributed by atoms with Crippen LogP contribution in [0.2, 0.25) is 5.02 Å². The van der Waals surface area contributed by atoms with Crippen LogP contribution in [0.1, 0.15) is 42.1 Å². The number of hydrogen-bond acceptors (Lipinski definition) is 1. The molecule has 2 aromatic rings. The molecule has 104 valence electrons. The van der Waals surface area contributed by atoms with E-state index in [-0.39, 0.29) is 6.04 Å². The van der Waals surface area contributed by atoms with Gasteiger partial charge in [0.1, 0.15) is 0 Å². The predicted octanol–water partition coefficient (Wildman–Crippen LogP) is 5.44. The molecule has 0 saturated heterocycles. The number of fused-ring (bicyclic) bond motifs is 1. The largest absolute Gasteiger partial charge is 0.303 e. The molecule has 0 fully saturated rings. The van der Waals surface area contributed by atoms with E-state index in [2.05, 4.69) is 52.4 Å². The number of nitrogens with one attached hydrogen (secondary N) is 1. The highest BCUT2D eigenvalue weighted by Gasteiger charge is 2.24. The first-order valence-electron chi connectivity index (χ1n) is 6.94. The minimum Gasteiger partial charge on any atom is -0.303 e. The Hall–Kier alpha value is -0.830. The molecule has 0 spiro atoms. The predicted molar refractivity (Wildman–Crippen MR) is 88.2 cm³/mol. The van der Waals surface area contributed by atoms with E-state index in [0.29, 0.717) is 6.04 Å². The summed E-state index contributed by atoms with van der Waals surface area (Å²) in [7, 11) is 0. The third-order valence-electron chi connectivity index (χ3n) is 4.01. The minimum atomic E-state index is 0.253. The molecule has 3 heteroatoms. The Morgan fingerprint density at radius 3 is 2.85 bits per heavy atom. The Morgan fingerprint density at radius 2 is 2.05 bits per heavy atom. The van der Waals surface area contributed by atoms with Gasteiger partial charge in [0, 0.05) is 21.6 Å². The summed E-state index contributed by atoms with van der Waals surface area (Å²) in [5, 5.41) is 4.55. The molecule has 0 radical (unpaired) electrons. The molecule has 1 aliphatic carbocycles. The van der Waals surface area contributed by atoms with Gasteiger partial charge < -0.3 is 5.32 Å². The summed E-state index contributed by atoms with van der Waals surface area (Å²) in [4.78, 5) is 0. The third-order valence-corrected chi connectivity index (χ3v) is 4.84. The zero-order chi connectivity index (χ0) is 14.1. The summed E-state index contributed by atoms with van der Waals surface area (Å²) in [5.41, 5.74) is 4.04. The standard InChI is InChI=1S/C17H17BrClN/c1-11(14-4-2-3-5-16(14)19)20-17-9-6-12-10-13(18)7-8-15(12)17/h2-5,7-8,10-11,17,20H,6,9H2,1H3/t11-,17?/m0/s1. The molecule has 1 aliphatic rings. The molecule has 2 atom stereocenters. The second-order valence-electron chi connectivity index (χ2n) is 5.34. The topological polar surface area (TPSA) is 12.0 Å². The van der Waals surface area contributed by atoms with Gasteiger partial charge in [0.15, 0.2) is 0 Å². The molecule has 1 nitrogen and oxygen atoms in total. The molecule has 1 unspecified atom stereocenters. The highest BCUT2D eigenvalue weighted by molar-refractivity contribution is 9.10. The Kier molecular flexibility index (Phi) is 4.16. The van der Waals surface area contributed by atoms with Gasteiger partial charge in [-0.05, 0) is 54.7 Å². The van der Waals surface area contributed by atoms with Crippen molar-refractivity contribution in [2.24, 2.45) is 0 Å². The number of hydrogen-bond donors (Lipinski definition) is 1. The molecule has 0 aliphatic heterocycles. The van der Waals surface area contributed by atoms with E-state index >= 15 is 0 Å². The van der Waals surface area contributed by atoms with Gasteiger partial charge in [-0.15, -0.1) is 0 Å². The fourth-order valence-corrected chi connectivity index (χ4v) is 3.68. The fourth-order valence-electron chi connectivity index (χ4n) is 2.98. The molecule has 0 aromatic heterocycles. The Morgan fingerprint density at radius 1 is 1.25 bits per heavy atom. The molecule has 0 saturated carbocycles. The summed E-state index contributed by atoms with van der Waals surface area (Å²) < 4.78 is 1.16. The monoisotopic (exact) mass is 349 g/mol. The molecule has 2 aromatic carbocycles. The quantitative estimate of drug-likeness (QED) is 0.777.